The Labute approximate surface area is 86.9 Å². The number of ether oxygens (including phenoxy) is 1. The zero-order valence-corrected chi connectivity index (χ0v) is 8.34. The van der Waals surface area contributed by atoms with Crippen LogP contribution in [0, 0.1) is 11.3 Å². The number of hydrogen-bond donors (Lipinski definition) is 0. The van der Waals surface area contributed by atoms with Gasteiger partial charge in [0.1, 0.15) is 11.8 Å². The number of carbonyl (C=O) groups excluding carboxylic acids is 1. The number of carbonyl (C=O) groups is 1. The average Bonchev–Trinajstić information content (AvgIpc) is 2.38. The standard InChI is InChI=1S/C10H8ClNO2/c1-14-10-4-2-3-7(5-8(10)11)9(13)6-12/h2,4-5H,3H2,1H3. The summed E-state index contributed by atoms with van der Waals surface area (Å²) in [6, 6.07) is 1.55. The maximum Gasteiger partial charge on any atom is 0.258 e. The predicted octanol–water partition coefficient (Wildman–Crippen LogP) is 2.06. The van der Waals surface area contributed by atoms with Crippen molar-refractivity contribution < 1.29 is 9.53 Å². The number of ketones is 1. The van der Waals surface area contributed by atoms with Crippen LogP contribution >= 0.6 is 11.6 Å². The molecule has 0 heterocycles. The first-order valence-electron chi connectivity index (χ1n) is 3.94. The van der Waals surface area contributed by atoms with Gasteiger partial charge in [-0.3, -0.25) is 4.79 Å². The van der Waals surface area contributed by atoms with Gasteiger partial charge < -0.3 is 4.74 Å². The molecular weight excluding hydrogens is 202 g/mol. The Morgan fingerprint density at radius 3 is 3.00 bits per heavy atom. The molecule has 0 saturated heterocycles. The van der Waals surface area contributed by atoms with Crippen molar-refractivity contribution in [1.29, 1.82) is 5.26 Å². The SMILES string of the molecule is COC1=C(Cl)C=C(C(=O)C#N)CC=C1. The molecule has 0 aromatic heterocycles. The van der Waals surface area contributed by atoms with Crippen molar-refractivity contribution in [3.05, 3.63) is 34.6 Å². The van der Waals surface area contributed by atoms with Crippen molar-refractivity contribution in [3.8, 4) is 6.07 Å². The number of nitriles is 1. The van der Waals surface area contributed by atoms with E-state index in [9.17, 15) is 4.79 Å². The number of nitrogens with zero attached hydrogens (tertiary/aromatic N) is 1. The van der Waals surface area contributed by atoms with Crippen LogP contribution < -0.4 is 0 Å². The third-order valence-corrected chi connectivity index (χ3v) is 2.05. The smallest absolute Gasteiger partial charge is 0.258 e. The zero-order chi connectivity index (χ0) is 10.6. The minimum absolute atomic E-state index is 0.333. The van der Waals surface area contributed by atoms with Crippen LogP contribution in [-0.2, 0) is 9.53 Å². The van der Waals surface area contributed by atoms with Gasteiger partial charge in [-0.05, 0) is 18.6 Å². The third-order valence-electron chi connectivity index (χ3n) is 1.76. The van der Waals surface area contributed by atoms with Crippen LogP contribution in [0.15, 0.2) is 34.6 Å². The second kappa shape index (κ2) is 4.64. The Morgan fingerprint density at radius 1 is 1.71 bits per heavy atom. The van der Waals surface area contributed by atoms with Gasteiger partial charge in [0.25, 0.3) is 5.78 Å². The Morgan fingerprint density at radius 2 is 2.43 bits per heavy atom. The largest absolute Gasteiger partial charge is 0.495 e. The molecule has 4 heteroatoms. The van der Waals surface area contributed by atoms with E-state index in [1.807, 2.05) is 0 Å². The molecule has 0 unspecified atom stereocenters. The van der Waals surface area contributed by atoms with E-state index < -0.39 is 5.78 Å². The lowest BCUT2D eigenvalue weighted by Crippen LogP contribution is -1.97. The molecule has 0 aromatic rings. The minimum Gasteiger partial charge on any atom is -0.495 e. The summed E-state index contributed by atoms with van der Waals surface area (Å²) in [4.78, 5) is 11.1. The summed E-state index contributed by atoms with van der Waals surface area (Å²) in [6.45, 7) is 0. The topological polar surface area (TPSA) is 50.1 Å². The van der Waals surface area contributed by atoms with Crippen molar-refractivity contribution >= 4 is 17.4 Å². The normalized spacial score (nSPS) is 15.6. The summed E-state index contributed by atoms with van der Waals surface area (Å²) in [5, 5.41) is 8.77. The van der Waals surface area contributed by atoms with E-state index in [2.05, 4.69) is 0 Å². The van der Waals surface area contributed by atoms with E-state index in [0.717, 1.165) is 0 Å². The quantitative estimate of drug-likeness (QED) is 0.654. The molecule has 1 aliphatic rings. The van der Waals surface area contributed by atoms with E-state index in [0.29, 0.717) is 22.8 Å². The predicted molar refractivity (Wildman–Crippen MR) is 52.3 cm³/mol. The highest BCUT2D eigenvalue weighted by Crippen LogP contribution is 2.21. The lowest BCUT2D eigenvalue weighted by atomic mass is 10.1. The number of Topliss-reactive ketones (excluding diaryl/α,β-unsaturated/α-hetero) is 1. The molecule has 1 rings (SSSR count). The highest BCUT2D eigenvalue weighted by Gasteiger charge is 2.11. The fourth-order valence-corrected chi connectivity index (χ4v) is 1.32. The first kappa shape index (κ1) is 10.6. The van der Waals surface area contributed by atoms with Crippen LogP contribution in [0.2, 0.25) is 0 Å². The first-order valence-corrected chi connectivity index (χ1v) is 4.32. The van der Waals surface area contributed by atoms with E-state index in [1.54, 1.807) is 18.2 Å². The van der Waals surface area contributed by atoms with Gasteiger partial charge in [0.2, 0.25) is 0 Å². The Bertz CT molecular complexity index is 385. The molecular formula is C10H8ClNO2. The van der Waals surface area contributed by atoms with Gasteiger partial charge in [-0.2, -0.15) is 5.26 Å². The number of rotatable bonds is 2. The molecule has 0 amide bonds. The molecule has 14 heavy (non-hydrogen) atoms. The third kappa shape index (κ3) is 2.24. The summed E-state index contributed by atoms with van der Waals surface area (Å²) < 4.78 is 4.97. The first-order chi connectivity index (χ1) is 6.69. The summed E-state index contributed by atoms with van der Waals surface area (Å²) >= 11 is 5.85. The average molecular weight is 210 g/mol. The number of hydrogen-bond acceptors (Lipinski definition) is 3. The minimum atomic E-state index is -0.565. The maximum atomic E-state index is 11.1. The molecule has 0 spiro atoms. The van der Waals surface area contributed by atoms with Crippen molar-refractivity contribution in [3.63, 3.8) is 0 Å². The molecule has 0 N–H and O–H groups in total. The van der Waals surface area contributed by atoms with Crippen LogP contribution in [-0.4, -0.2) is 12.9 Å². The molecule has 3 nitrogen and oxygen atoms in total. The summed E-state index contributed by atoms with van der Waals surface area (Å²) in [5.74, 6) is -0.0717. The Kier molecular flexibility index (Phi) is 3.49. The summed E-state index contributed by atoms with van der Waals surface area (Å²) in [7, 11) is 1.49. The molecule has 0 aliphatic heterocycles. The molecule has 0 saturated carbocycles. The second-order valence-corrected chi connectivity index (χ2v) is 3.04. The highest BCUT2D eigenvalue weighted by atomic mass is 35.5. The lowest BCUT2D eigenvalue weighted by Gasteiger charge is -1.99. The molecule has 0 radical (unpaired) electrons. The van der Waals surface area contributed by atoms with Crippen molar-refractivity contribution in [2.45, 2.75) is 6.42 Å². The molecule has 0 fully saturated rings. The molecule has 0 aromatic carbocycles. The van der Waals surface area contributed by atoms with Gasteiger partial charge in [0, 0.05) is 5.57 Å². The Hall–Kier alpha value is -1.53. The number of halogens is 1. The van der Waals surface area contributed by atoms with Gasteiger partial charge >= 0.3 is 0 Å². The molecule has 1 aliphatic carbocycles. The van der Waals surface area contributed by atoms with Crippen LogP contribution in [0.4, 0.5) is 0 Å². The number of allylic oxidation sites excluding steroid dienone is 5. The monoisotopic (exact) mass is 209 g/mol. The van der Waals surface area contributed by atoms with Gasteiger partial charge in [0.05, 0.1) is 12.1 Å². The fraction of sp³-hybridized carbons (Fsp3) is 0.200. The number of methoxy groups -OCH3 is 1. The maximum absolute atomic E-state index is 11.1. The molecule has 72 valence electrons. The van der Waals surface area contributed by atoms with Crippen LogP contribution in [0.1, 0.15) is 6.42 Å². The van der Waals surface area contributed by atoms with Crippen molar-refractivity contribution in [2.75, 3.05) is 7.11 Å². The lowest BCUT2D eigenvalue weighted by molar-refractivity contribution is -0.110. The van der Waals surface area contributed by atoms with Crippen LogP contribution in [0.5, 0.6) is 0 Å². The van der Waals surface area contributed by atoms with E-state index >= 15 is 0 Å². The van der Waals surface area contributed by atoms with Gasteiger partial charge in [0.15, 0.2) is 0 Å². The zero-order valence-electron chi connectivity index (χ0n) is 7.58. The van der Waals surface area contributed by atoms with E-state index in [1.165, 1.54) is 13.2 Å². The van der Waals surface area contributed by atoms with Gasteiger partial charge in [-0.25, -0.2) is 0 Å². The van der Waals surface area contributed by atoms with E-state index in [-0.39, 0.29) is 0 Å². The molecule has 0 bridgehead atoms. The van der Waals surface area contributed by atoms with Gasteiger partial charge in [-0.15, -0.1) is 0 Å². The second-order valence-electron chi connectivity index (χ2n) is 2.63. The van der Waals surface area contributed by atoms with Crippen LogP contribution in [0.3, 0.4) is 0 Å². The van der Waals surface area contributed by atoms with Crippen molar-refractivity contribution in [2.24, 2.45) is 0 Å². The van der Waals surface area contributed by atoms with Gasteiger partial charge in [-0.1, -0.05) is 17.7 Å². The fourth-order valence-electron chi connectivity index (χ4n) is 1.05. The highest BCUT2D eigenvalue weighted by molar-refractivity contribution is 6.32. The van der Waals surface area contributed by atoms with E-state index in [4.69, 9.17) is 21.6 Å². The van der Waals surface area contributed by atoms with Crippen LogP contribution in [0.25, 0.3) is 0 Å². The van der Waals surface area contributed by atoms with Crippen molar-refractivity contribution in [1.82, 2.24) is 0 Å². The summed E-state index contributed by atoms with van der Waals surface area (Å²) in [6.07, 6.45) is 5.27. The molecule has 0 atom stereocenters. The Balaban J connectivity index is 3.06. The summed E-state index contributed by atoms with van der Waals surface area (Å²) in [5.41, 5.74) is 0.376.